The minimum atomic E-state index is -0.171. The Morgan fingerprint density at radius 2 is 1.89 bits per heavy atom. The molecule has 27 heavy (non-hydrogen) atoms. The lowest BCUT2D eigenvalue weighted by Gasteiger charge is -2.09. The highest BCUT2D eigenvalue weighted by Gasteiger charge is 2.15. The second-order valence-electron chi connectivity index (χ2n) is 6.91. The maximum Gasteiger partial charge on any atom is 0.259 e. The first kappa shape index (κ1) is 17.1. The molecular formula is C22H21N3O2. The van der Waals surface area contributed by atoms with E-state index in [1.54, 1.807) is 13.0 Å². The molecule has 1 amide bonds. The molecule has 0 bridgehead atoms. The number of benzene rings is 1. The van der Waals surface area contributed by atoms with E-state index >= 15 is 0 Å². The number of pyridine rings is 1. The normalized spacial score (nSPS) is 11.1. The highest BCUT2D eigenvalue weighted by molar-refractivity contribution is 6.05. The predicted molar refractivity (Wildman–Crippen MR) is 106 cm³/mol. The lowest BCUT2D eigenvalue weighted by atomic mass is 10.1. The van der Waals surface area contributed by atoms with Crippen molar-refractivity contribution in [2.24, 2.45) is 0 Å². The number of anilines is 1. The molecule has 0 aliphatic rings. The molecule has 3 aromatic heterocycles. The minimum absolute atomic E-state index is 0.171. The minimum Gasteiger partial charge on any atom is -0.466 e. The van der Waals surface area contributed by atoms with Gasteiger partial charge in [-0.1, -0.05) is 12.1 Å². The van der Waals surface area contributed by atoms with Crippen molar-refractivity contribution < 1.29 is 9.21 Å². The summed E-state index contributed by atoms with van der Waals surface area (Å²) in [6.07, 6.45) is 4.00. The molecule has 3 heterocycles. The molecule has 0 radical (unpaired) electrons. The van der Waals surface area contributed by atoms with Gasteiger partial charge in [0.25, 0.3) is 5.91 Å². The van der Waals surface area contributed by atoms with Gasteiger partial charge in [-0.3, -0.25) is 4.79 Å². The molecule has 1 N–H and O–H groups in total. The van der Waals surface area contributed by atoms with Crippen LogP contribution in [-0.2, 0) is 0 Å². The van der Waals surface area contributed by atoms with E-state index in [4.69, 9.17) is 9.40 Å². The molecule has 0 saturated heterocycles. The van der Waals surface area contributed by atoms with E-state index < -0.39 is 0 Å². The molecule has 4 rings (SSSR count). The highest BCUT2D eigenvalue weighted by atomic mass is 16.3. The quantitative estimate of drug-likeness (QED) is 0.555. The number of hydrogen-bond donors (Lipinski definition) is 1. The lowest BCUT2D eigenvalue weighted by molar-refractivity contribution is 0.102. The first-order chi connectivity index (χ1) is 12.9. The molecular weight excluding hydrogens is 338 g/mol. The van der Waals surface area contributed by atoms with Gasteiger partial charge >= 0.3 is 0 Å². The molecule has 0 atom stereocenters. The number of nitrogens with zero attached hydrogens (tertiary/aromatic N) is 2. The lowest BCUT2D eigenvalue weighted by Crippen LogP contribution is -2.13. The number of fused-ring (bicyclic) bond motifs is 1. The van der Waals surface area contributed by atoms with Crippen molar-refractivity contribution in [3.63, 3.8) is 0 Å². The molecule has 5 heteroatoms. The van der Waals surface area contributed by atoms with Gasteiger partial charge in [-0.2, -0.15) is 0 Å². The number of aromatic nitrogens is 2. The van der Waals surface area contributed by atoms with E-state index in [1.165, 1.54) is 5.56 Å². The highest BCUT2D eigenvalue weighted by Crippen LogP contribution is 2.26. The van der Waals surface area contributed by atoms with Gasteiger partial charge in [0.05, 0.1) is 11.3 Å². The molecule has 0 aliphatic carbocycles. The molecule has 4 aromatic rings. The van der Waals surface area contributed by atoms with Crippen molar-refractivity contribution in [2.75, 3.05) is 5.32 Å². The van der Waals surface area contributed by atoms with Crippen molar-refractivity contribution in [2.45, 2.75) is 27.7 Å². The van der Waals surface area contributed by atoms with Gasteiger partial charge in [0.15, 0.2) is 0 Å². The number of nitrogens with one attached hydrogen (secondary N) is 1. The molecule has 1 aromatic carbocycles. The first-order valence-corrected chi connectivity index (χ1v) is 8.85. The van der Waals surface area contributed by atoms with E-state index in [0.29, 0.717) is 11.3 Å². The molecule has 5 nitrogen and oxygen atoms in total. The Kier molecular flexibility index (Phi) is 4.07. The third-order valence-corrected chi connectivity index (χ3v) is 4.68. The number of rotatable bonds is 3. The van der Waals surface area contributed by atoms with E-state index in [-0.39, 0.29) is 5.91 Å². The fraction of sp³-hybridized carbons (Fsp3) is 0.182. The van der Waals surface area contributed by atoms with E-state index in [2.05, 4.69) is 11.4 Å². The number of imidazole rings is 1. The van der Waals surface area contributed by atoms with Gasteiger partial charge in [-0.15, -0.1) is 0 Å². The molecule has 0 aliphatic heterocycles. The number of furan rings is 1. The molecule has 0 spiro atoms. The summed E-state index contributed by atoms with van der Waals surface area (Å²) in [5, 5.41) is 3.00. The van der Waals surface area contributed by atoms with Crippen LogP contribution in [-0.4, -0.2) is 15.3 Å². The van der Waals surface area contributed by atoms with Crippen LogP contribution in [0.15, 0.2) is 53.2 Å². The van der Waals surface area contributed by atoms with Gasteiger partial charge in [-0.05, 0) is 63.1 Å². The SMILES string of the molecule is Cc1ccn2cc(-c3ccc(C)c(NC(=O)c4cc(C)oc4C)c3)nc2c1. The summed E-state index contributed by atoms with van der Waals surface area (Å²) in [6, 6.07) is 11.8. The van der Waals surface area contributed by atoms with Crippen LogP contribution < -0.4 is 5.32 Å². The summed E-state index contributed by atoms with van der Waals surface area (Å²) in [7, 11) is 0. The Labute approximate surface area is 157 Å². The second kappa shape index (κ2) is 6.43. The van der Waals surface area contributed by atoms with Crippen LogP contribution in [0.1, 0.15) is 33.0 Å². The Morgan fingerprint density at radius 1 is 1.07 bits per heavy atom. The van der Waals surface area contributed by atoms with Crippen LogP contribution in [0.2, 0.25) is 0 Å². The molecule has 136 valence electrons. The van der Waals surface area contributed by atoms with Crippen LogP contribution in [0.25, 0.3) is 16.9 Å². The summed E-state index contributed by atoms with van der Waals surface area (Å²) in [5.41, 5.74) is 6.21. The van der Waals surface area contributed by atoms with Gasteiger partial charge < -0.3 is 14.1 Å². The molecule has 0 unspecified atom stereocenters. The Morgan fingerprint density at radius 3 is 2.63 bits per heavy atom. The number of amides is 1. The Balaban J connectivity index is 1.68. The van der Waals surface area contributed by atoms with Crippen LogP contribution >= 0.6 is 0 Å². The number of carbonyl (C=O) groups is 1. The fourth-order valence-electron chi connectivity index (χ4n) is 3.18. The van der Waals surface area contributed by atoms with Crippen LogP contribution in [0, 0.1) is 27.7 Å². The largest absolute Gasteiger partial charge is 0.466 e. The van der Waals surface area contributed by atoms with Gasteiger partial charge in [0.1, 0.15) is 17.2 Å². The second-order valence-corrected chi connectivity index (χ2v) is 6.91. The van der Waals surface area contributed by atoms with Crippen molar-refractivity contribution in [1.82, 2.24) is 9.38 Å². The van der Waals surface area contributed by atoms with E-state index in [9.17, 15) is 4.79 Å². The monoisotopic (exact) mass is 359 g/mol. The zero-order chi connectivity index (χ0) is 19.1. The number of hydrogen-bond acceptors (Lipinski definition) is 3. The summed E-state index contributed by atoms with van der Waals surface area (Å²) in [6.45, 7) is 7.65. The number of aryl methyl sites for hydroxylation is 4. The smallest absolute Gasteiger partial charge is 0.259 e. The zero-order valence-corrected chi connectivity index (χ0v) is 15.8. The van der Waals surface area contributed by atoms with Crippen LogP contribution in [0.4, 0.5) is 5.69 Å². The van der Waals surface area contributed by atoms with Gasteiger partial charge in [0, 0.05) is 23.6 Å². The first-order valence-electron chi connectivity index (χ1n) is 8.85. The molecule has 0 fully saturated rings. The summed E-state index contributed by atoms with van der Waals surface area (Å²) < 4.78 is 7.46. The zero-order valence-electron chi connectivity index (χ0n) is 15.8. The van der Waals surface area contributed by atoms with Crippen LogP contribution in [0.5, 0.6) is 0 Å². The standard InChI is InChI=1S/C22H21N3O2/c1-13-7-8-25-12-20(23-21(25)9-13)17-6-5-14(2)19(11-17)24-22(26)18-10-15(3)27-16(18)4/h5-12H,1-4H3,(H,24,26). The maximum atomic E-state index is 12.6. The van der Waals surface area contributed by atoms with Gasteiger partial charge in [-0.25, -0.2) is 4.98 Å². The average molecular weight is 359 g/mol. The third kappa shape index (κ3) is 3.24. The molecule has 0 saturated carbocycles. The summed E-state index contributed by atoms with van der Waals surface area (Å²) >= 11 is 0. The predicted octanol–water partition coefficient (Wildman–Crippen LogP) is 5.08. The average Bonchev–Trinajstić information content (AvgIpc) is 3.19. The Bertz CT molecular complexity index is 1170. The van der Waals surface area contributed by atoms with Crippen molar-refractivity contribution in [3.8, 4) is 11.3 Å². The van der Waals surface area contributed by atoms with Crippen molar-refractivity contribution in [1.29, 1.82) is 0 Å². The van der Waals surface area contributed by atoms with Gasteiger partial charge in [0.2, 0.25) is 0 Å². The summed E-state index contributed by atoms with van der Waals surface area (Å²) in [4.78, 5) is 17.3. The topological polar surface area (TPSA) is 59.5 Å². The maximum absolute atomic E-state index is 12.6. The third-order valence-electron chi connectivity index (χ3n) is 4.68. The van der Waals surface area contributed by atoms with Crippen molar-refractivity contribution >= 4 is 17.2 Å². The van der Waals surface area contributed by atoms with Crippen molar-refractivity contribution in [3.05, 3.63) is 77.0 Å². The Hall–Kier alpha value is -3.34. The fourth-order valence-corrected chi connectivity index (χ4v) is 3.18. The summed E-state index contributed by atoms with van der Waals surface area (Å²) in [5.74, 6) is 1.17. The van der Waals surface area contributed by atoms with E-state index in [1.807, 2.05) is 61.8 Å². The van der Waals surface area contributed by atoms with E-state index in [0.717, 1.165) is 33.9 Å². The number of carbonyl (C=O) groups excluding carboxylic acids is 1. The van der Waals surface area contributed by atoms with Crippen LogP contribution in [0.3, 0.4) is 0 Å².